The number of rotatable bonds is 10. The molecule has 11 heteroatoms. The molecule has 0 radical (unpaired) electrons. The van der Waals surface area contributed by atoms with Crippen molar-refractivity contribution in [3.05, 3.63) is 36.0 Å². The molecule has 3 N–H and O–H groups in total. The quantitative estimate of drug-likeness (QED) is 0.431. The van der Waals surface area contributed by atoms with Gasteiger partial charge < -0.3 is 20.1 Å². The number of benzene rings is 1. The fraction of sp³-hybridized carbons (Fsp3) is 0.350. The number of nitrogens with zero attached hydrogens (tertiary/aromatic N) is 5. The summed E-state index contributed by atoms with van der Waals surface area (Å²) in [4.78, 5) is 28.0. The predicted molar refractivity (Wildman–Crippen MR) is 121 cm³/mol. The molecule has 0 atom stereocenters. The molecule has 0 saturated heterocycles. The fourth-order valence-corrected chi connectivity index (χ4v) is 3.17. The van der Waals surface area contributed by atoms with Crippen molar-refractivity contribution in [1.29, 1.82) is 0 Å². The largest absolute Gasteiger partial charge is 0.353 e. The maximum absolute atomic E-state index is 11.5. The first-order valence-electron chi connectivity index (χ1n) is 9.84. The van der Waals surface area contributed by atoms with Gasteiger partial charge in [-0.3, -0.25) is 10.1 Å². The van der Waals surface area contributed by atoms with Crippen molar-refractivity contribution in [2.75, 3.05) is 43.1 Å². The predicted octanol–water partition coefficient (Wildman–Crippen LogP) is 3.38. The third-order valence-electron chi connectivity index (χ3n) is 3.99. The lowest BCUT2D eigenvalue weighted by Crippen LogP contribution is -2.21. The first-order chi connectivity index (χ1) is 14.9. The normalized spacial score (nSPS) is 10.9. The van der Waals surface area contributed by atoms with E-state index in [0.717, 1.165) is 22.8 Å². The number of likely N-dealkylation sites (N-methyl/N-ethyl adjacent to an activating group) is 1. The third kappa shape index (κ3) is 7.23. The molecule has 1 aromatic carbocycles. The molecular formula is C20H26N8O2S. The van der Waals surface area contributed by atoms with Gasteiger partial charge in [-0.2, -0.15) is 15.0 Å². The van der Waals surface area contributed by atoms with Gasteiger partial charge in [0.25, 0.3) is 0 Å². The van der Waals surface area contributed by atoms with Gasteiger partial charge in [0, 0.05) is 36.2 Å². The highest BCUT2D eigenvalue weighted by Crippen LogP contribution is 2.28. The summed E-state index contributed by atoms with van der Waals surface area (Å²) in [6.07, 6.45) is 0.436. The summed E-state index contributed by atoms with van der Waals surface area (Å²) in [5, 5.41) is 13.5. The highest BCUT2D eigenvalue weighted by atomic mass is 32.2. The molecule has 0 aliphatic carbocycles. The molecular weight excluding hydrogens is 416 g/mol. The van der Waals surface area contributed by atoms with Crippen molar-refractivity contribution in [3.63, 3.8) is 0 Å². The Labute approximate surface area is 185 Å². The molecule has 0 bridgehead atoms. The molecule has 0 fully saturated rings. The fourth-order valence-electron chi connectivity index (χ4n) is 2.42. The molecule has 0 saturated carbocycles. The lowest BCUT2D eigenvalue weighted by atomic mass is 10.3. The van der Waals surface area contributed by atoms with Crippen molar-refractivity contribution in [1.82, 2.24) is 25.0 Å². The highest BCUT2D eigenvalue weighted by molar-refractivity contribution is 7.99. The third-order valence-corrected chi connectivity index (χ3v) is 4.86. The Morgan fingerprint density at radius 1 is 1.13 bits per heavy atom. The van der Waals surface area contributed by atoms with Crippen LogP contribution < -0.4 is 16.0 Å². The Balaban J connectivity index is 1.76. The molecule has 0 aliphatic rings. The summed E-state index contributed by atoms with van der Waals surface area (Å²) >= 11 is 1.39. The van der Waals surface area contributed by atoms with E-state index in [4.69, 9.17) is 4.52 Å². The Bertz CT molecular complexity index is 1010. The number of nitrogens with one attached hydrogen (secondary N) is 3. The maximum Gasteiger partial charge on any atom is 0.235 e. The van der Waals surface area contributed by atoms with Crippen LogP contribution in [0, 0.1) is 6.92 Å². The van der Waals surface area contributed by atoms with Gasteiger partial charge in [0.2, 0.25) is 23.7 Å². The zero-order valence-corrected chi connectivity index (χ0v) is 18.8. The highest BCUT2D eigenvalue weighted by Gasteiger charge is 2.11. The smallest absolute Gasteiger partial charge is 0.235 e. The topological polar surface area (TPSA) is 121 Å². The van der Waals surface area contributed by atoms with Gasteiger partial charge in [0.15, 0.2) is 5.16 Å². The number of aromatic nitrogens is 4. The first-order valence-corrected chi connectivity index (χ1v) is 10.7. The van der Waals surface area contributed by atoms with Crippen LogP contribution in [0.3, 0.4) is 0 Å². The standard InChI is InChI=1S/C20H26N8O2S/c1-5-16(29)22-14-6-8-15(9-7-14)31-20-25-18(21-10-11-28(3)4)24-19(26-20)23-17-12-13(2)27-30-17/h6-9,12H,5,10-11H2,1-4H3,(H,22,29)(H2,21,23,24,25,26). The second-order valence-electron chi connectivity index (χ2n) is 6.98. The number of carbonyl (C=O) groups is 1. The first kappa shape index (κ1) is 22.5. The summed E-state index contributed by atoms with van der Waals surface area (Å²) in [7, 11) is 4.00. The molecule has 2 aromatic heterocycles. The Morgan fingerprint density at radius 3 is 2.52 bits per heavy atom. The summed E-state index contributed by atoms with van der Waals surface area (Å²) in [6.45, 7) is 5.18. The van der Waals surface area contributed by atoms with E-state index >= 15 is 0 Å². The van der Waals surface area contributed by atoms with E-state index in [1.165, 1.54) is 11.8 Å². The molecule has 31 heavy (non-hydrogen) atoms. The minimum atomic E-state index is -0.0234. The average Bonchev–Trinajstić information content (AvgIpc) is 3.13. The SMILES string of the molecule is CCC(=O)Nc1ccc(Sc2nc(NCCN(C)C)nc(Nc3cc(C)no3)n2)cc1. The van der Waals surface area contributed by atoms with E-state index in [1.54, 1.807) is 6.07 Å². The van der Waals surface area contributed by atoms with Gasteiger partial charge >= 0.3 is 0 Å². The number of carbonyl (C=O) groups excluding carboxylic acids is 1. The van der Waals surface area contributed by atoms with E-state index < -0.39 is 0 Å². The number of aryl methyl sites for hydroxylation is 1. The van der Waals surface area contributed by atoms with Crippen molar-refractivity contribution in [2.45, 2.75) is 30.3 Å². The Hall–Kier alpha value is -3.18. The lowest BCUT2D eigenvalue weighted by Gasteiger charge is -2.12. The molecule has 1 amide bonds. The van der Waals surface area contributed by atoms with Crippen LogP contribution in [0.4, 0.5) is 23.5 Å². The molecule has 10 nitrogen and oxygen atoms in total. The summed E-state index contributed by atoms with van der Waals surface area (Å²) in [6, 6.07) is 9.28. The summed E-state index contributed by atoms with van der Waals surface area (Å²) in [5.41, 5.74) is 1.51. The van der Waals surface area contributed by atoms with Crippen LogP contribution >= 0.6 is 11.8 Å². The van der Waals surface area contributed by atoms with Crippen molar-refractivity contribution in [3.8, 4) is 0 Å². The van der Waals surface area contributed by atoms with Crippen LogP contribution in [-0.4, -0.2) is 58.1 Å². The lowest BCUT2D eigenvalue weighted by molar-refractivity contribution is -0.115. The number of hydrogen-bond acceptors (Lipinski definition) is 10. The Morgan fingerprint density at radius 2 is 1.87 bits per heavy atom. The summed E-state index contributed by atoms with van der Waals surface area (Å²) in [5.74, 6) is 1.25. The zero-order chi connectivity index (χ0) is 22.2. The van der Waals surface area contributed by atoms with E-state index in [-0.39, 0.29) is 5.91 Å². The van der Waals surface area contributed by atoms with E-state index in [9.17, 15) is 4.79 Å². The average molecular weight is 443 g/mol. The monoisotopic (exact) mass is 442 g/mol. The second-order valence-corrected chi connectivity index (χ2v) is 8.02. The van der Waals surface area contributed by atoms with Gasteiger partial charge in [-0.1, -0.05) is 12.1 Å². The van der Waals surface area contributed by atoms with Crippen LogP contribution in [0.25, 0.3) is 0 Å². The number of amides is 1. The minimum absolute atomic E-state index is 0.0234. The molecule has 0 aliphatic heterocycles. The van der Waals surface area contributed by atoms with Crippen LogP contribution in [0.2, 0.25) is 0 Å². The second kappa shape index (κ2) is 10.7. The number of anilines is 4. The van der Waals surface area contributed by atoms with Crippen LogP contribution in [0.5, 0.6) is 0 Å². The van der Waals surface area contributed by atoms with Gasteiger partial charge in [-0.25, -0.2) is 0 Å². The van der Waals surface area contributed by atoms with Crippen LogP contribution in [0.1, 0.15) is 19.0 Å². The maximum atomic E-state index is 11.5. The van der Waals surface area contributed by atoms with E-state index in [0.29, 0.717) is 35.9 Å². The minimum Gasteiger partial charge on any atom is -0.353 e. The molecule has 164 valence electrons. The molecule has 3 rings (SSSR count). The summed E-state index contributed by atoms with van der Waals surface area (Å²) < 4.78 is 5.20. The van der Waals surface area contributed by atoms with Crippen LogP contribution in [-0.2, 0) is 4.79 Å². The van der Waals surface area contributed by atoms with Crippen molar-refractivity contribution >= 4 is 41.1 Å². The number of hydrogen-bond donors (Lipinski definition) is 3. The molecule has 3 aromatic rings. The van der Waals surface area contributed by atoms with Crippen LogP contribution in [0.15, 0.2) is 44.9 Å². The van der Waals surface area contributed by atoms with Gasteiger partial charge in [-0.05, 0) is 57.0 Å². The van der Waals surface area contributed by atoms with Crippen molar-refractivity contribution in [2.24, 2.45) is 0 Å². The van der Waals surface area contributed by atoms with Gasteiger partial charge in [0.05, 0.1) is 5.69 Å². The van der Waals surface area contributed by atoms with Gasteiger partial charge in [0.1, 0.15) is 0 Å². The zero-order valence-electron chi connectivity index (χ0n) is 18.0. The Kier molecular flexibility index (Phi) is 7.79. The van der Waals surface area contributed by atoms with Gasteiger partial charge in [-0.15, -0.1) is 0 Å². The molecule has 2 heterocycles. The molecule has 0 spiro atoms. The molecule has 0 unspecified atom stereocenters. The van der Waals surface area contributed by atoms with Crippen molar-refractivity contribution < 1.29 is 9.32 Å². The van der Waals surface area contributed by atoms with E-state index in [2.05, 4.69) is 41.0 Å². The van der Waals surface area contributed by atoms with E-state index in [1.807, 2.05) is 52.2 Å².